The fourth-order valence-corrected chi connectivity index (χ4v) is 1.75. The van der Waals surface area contributed by atoms with Gasteiger partial charge in [0.15, 0.2) is 5.75 Å². The average molecular weight is 238 g/mol. The van der Waals surface area contributed by atoms with Gasteiger partial charge < -0.3 is 14.2 Å². The normalized spacial score (nSPS) is 10.8. The van der Waals surface area contributed by atoms with Crippen molar-refractivity contribution >= 4 is 0 Å². The molecule has 1 aromatic heterocycles. The maximum absolute atomic E-state index is 12.0. The van der Waals surface area contributed by atoms with Crippen molar-refractivity contribution in [3.05, 3.63) is 28.7 Å². The minimum atomic E-state index is -0.0403. The van der Waals surface area contributed by atoms with Crippen molar-refractivity contribution in [3.8, 4) is 5.75 Å². The van der Waals surface area contributed by atoms with E-state index in [-0.39, 0.29) is 5.56 Å². The minimum absolute atomic E-state index is 0.0403. The zero-order valence-corrected chi connectivity index (χ0v) is 11.0. The Labute approximate surface area is 103 Å². The number of aromatic nitrogens is 1. The SMILES string of the molecule is CCOc1cccn(CCN(CC)CC)c1=O. The molecule has 0 bridgehead atoms. The second-order valence-electron chi connectivity index (χ2n) is 3.83. The molecule has 0 fully saturated rings. The highest BCUT2D eigenvalue weighted by Crippen LogP contribution is 2.01. The highest BCUT2D eigenvalue weighted by molar-refractivity contribution is 5.17. The van der Waals surface area contributed by atoms with Crippen molar-refractivity contribution in [1.82, 2.24) is 9.47 Å². The summed E-state index contributed by atoms with van der Waals surface area (Å²) >= 11 is 0. The molecule has 0 N–H and O–H groups in total. The third kappa shape index (κ3) is 3.89. The summed E-state index contributed by atoms with van der Waals surface area (Å²) in [5.74, 6) is 0.439. The lowest BCUT2D eigenvalue weighted by atomic mass is 10.4. The van der Waals surface area contributed by atoms with Crippen LogP contribution in [0.5, 0.6) is 5.75 Å². The molecule has 0 atom stereocenters. The number of nitrogens with zero attached hydrogens (tertiary/aromatic N) is 2. The Morgan fingerprint density at radius 3 is 2.59 bits per heavy atom. The maximum atomic E-state index is 12.0. The Balaban J connectivity index is 2.71. The van der Waals surface area contributed by atoms with E-state index < -0.39 is 0 Å². The fourth-order valence-electron chi connectivity index (χ4n) is 1.75. The third-order valence-corrected chi connectivity index (χ3v) is 2.84. The lowest BCUT2D eigenvalue weighted by Crippen LogP contribution is -2.31. The Morgan fingerprint density at radius 1 is 1.29 bits per heavy atom. The number of pyridine rings is 1. The van der Waals surface area contributed by atoms with E-state index in [1.165, 1.54) is 0 Å². The largest absolute Gasteiger partial charge is 0.488 e. The van der Waals surface area contributed by atoms with Crippen LogP contribution in [0.2, 0.25) is 0 Å². The van der Waals surface area contributed by atoms with Crippen LogP contribution in [0.4, 0.5) is 0 Å². The van der Waals surface area contributed by atoms with Crippen LogP contribution in [-0.2, 0) is 6.54 Å². The Hall–Kier alpha value is -1.29. The Kier molecular flexibility index (Phi) is 5.77. The van der Waals surface area contributed by atoms with Crippen molar-refractivity contribution < 1.29 is 4.74 Å². The van der Waals surface area contributed by atoms with E-state index in [0.717, 1.165) is 19.6 Å². The van der Waals surface area contributed by atoms with Gasteiger partial charge in [-0.05, 0) is 32.1 Å². The van der Waals surface area contributed by atoms with E-state index in [1.807, 2.05) is 19.2 Å². The van der Waals surface area contributed by atoms with Crippen molar-refractivity contribution in [2.45, 2.75) is 27.3 Å². The van der Waals surface area contributed by atoms with Gasteiger partial charge in [0.05, 0.1) is 6.61 Å². The third-order valence-electron chi connectivity index (χ3n) is 2.84. The molecule has 96 valence electrons. The number of likely N-dealkylation sites (N-methyl/N-ethyl adjacent to an activating group) is 1. The molecule has 0 saturated carbocycles. The number of hydrogen-bond acceptors (Lipinski definition) is 3. The lowest BCUT2D eigenvalue weighted by molar-refractivity contribution is 0.285. The predicted molar refractivity (Wildman–Crippen MR) is 69.7 cm³/mol. The van der Waals surface area contributed by atoms with Crippen molar-refractivity contribution in [3.63, 3.8) is 0 Å². The number of rotatable bonds is 7. The van der Waals surface area contributed by atoms with Crippen LogP contribution < -0.4 is 10.3 Å². The Morgan fingerprint density at radius 2 is 2.00 bits per heavy atom. The summed E-state index contributed by atoms with van der Waals surface area (Å²) in [4.78, 5) is 14.3. The fraction of sp³-hybridized carbons (Fsp3) is 0.615. The second kappa shape index (κ2) is 7.12. The quantitative estimate of drug-likeness (QED) is 0.723. The van der Waals surface area contributed by atoms with Gasteiger partial charge in [0.1, 0.15) is 0 Å². The average Bonchev–Trinajstić information content (AvgIpc) is 2.35. The first kappa shape index (κ1) is 13.8. The highest BCUT2D eigenvalue weighted by atomic mass is 16.5. The molecule has 0 radical (unpaired) electrons. The molecule has 4 nitrogen and oxygen atoms in total. The van der Waals surface area contributed by atoms with Crippen LogP contribution in [0, 0.1) is 0 Å². The first-order chi connectivity index (χ1) is 8.22. The van der Waals surface area contributed by atoms with Gasteiger partial charge in [0, 0.05) is 19.3 Å². The molecule has 1 rings (SSSR count). The van der Waals surface area contributed by atoms with E-state index in [9.17, 15) is 4.79 Å². The summed E-state index contributed by atoms with van der Waals surface area (Å²) < 4.78 is 7.00. The molecule has 0 amide bonds. The molecule has 0 unspecified atom stereocenters. The molecule has 0 aliphatic rings. The monoisotopic (exact) mass is 238 g/mol. The summed E-state index contributed by atoms with van der Waals surface area (Å²) in [6, 6.07) is 3.58. The zero-order chi connectivity index (χ0) is 12.7. The summed E-state index contributed by atoms with van der Waals surface area (Å²) in [5, 5.41) is 0. The molecule has 1 heterocycles. The first-order valence-electron chi connectivity index (χ1n) is 6.27. The summed E-state index contributed by atoms with van der Waals surface area (Å²) in [5.41, 5.74) is -0.0403. The van der Waals surface area contributed by atoms with Gasteiger partial charge in [-0.3, -0.25) is 4.79 Å². The van der Waals surface area contributed by atoms with E-state index in [1.54, 1.807) is 10.6 Å². The van der Waals surface area contributed by atoms with Gasteiger partial charge in [0.25, 0.3) is 5.56 Å². The highest BCUT2D eigenvalue weighted by Gasteiger charge is 2.05. The summed E-state index contributed by atoms with van der Waals surface area (Å²) in [6.07, 6.45) is 1.81. The molecule has 17 heavy (non-hydrogen) atoms. The van der Waals surface area contributed by atoms with Gasteiger partial charge in [-0.15, -0.1) is 0 Å². The van der Waals surface area contributed by atoms with Crippen LogP contribution in [0.25, 0.3) is 0 Å². The van der Waals surface area contributed by atoms with E-state index in [0.29, 0.717) is 18.9 Å². The van der Waals surface area contributed by atoms with E-state index >= 15 is 0 Å². The maximum Gasteiger partial charge on any atom is 0.292 e. The summed E-state index contributed by atoms with van der Waals surface area (Å²) in [7, 11) is 0. The van der Waals surface area contributed by atoms with E-state index in [2.05, 4.69) is 18.7 Å². The van der Waals surface area contributed by atoms with Crippen molar-refractivity contribution in [1.29, 1.82) is 0 Å². The number of ether oxygens (including phenoxy) is 1. The van der Waals surface area contributed by atoms with Crippen LogP contribution in [0.3, 0.4) is 0 Å². The molecule has 0 spiro atoms. The van der Waals surface area contributed by atoms with Crippen molar-refractivity contribution in [2.75, 3.05) is 26.2 Å². The zero-order valence-electron chi connectivity index (χ0n) is 11.0. The minimum Gasteiger partial charge on any atom is -0.488 e. The predicted octanol–water partition coefficient (Wildman–Crippen LogP) is 1.59. The van der Waals surface area contributed by atoms with Crippen LogP contribution >= 0.6 is 0 Å². The second-order valence-corrected chi connectivity index (χ2v) is 3.83. The molecule has 4 heteroatoms. The van der Waals surface area contributed by atoms with Crippen LogP contribution in [-0.4, -0.2) is 35.7 Å². The van der Waals surface area contributed by atoms with Gasteiger partial charge >= 0.3 is 0 Å². The molecule has 0 aliphatic heterocycles. The Bertz CT molecular complexity index is 383. The molecular formula is C13H22N2O2. The van der Waals surface area contributed by atoms with Gasteiger partial charge in [-0.1, -0.05) is 13.8 Å². The number of hydrogen-bond donors (Lipinski definition) is 0. The molecule has 1 aromatic rings. The van der Waals surface area contributed by atoms with Crippen LogP contribution in [0.1, 0.15) is 20.8 Å². The molecule has 0 aromatic carbocycles. The first-order valence-corrected chi connectivity index (χ1v) is 6.27. The van der Waals surface area contributed by atoms with Crippen molar-refractivity contribution in [2.24, 2.45) is 0 Å². The standard InChI is InChI=1S/C13H22N2O2/c1-4-14(5-2)10-11-15-9-7-8-12(13(15)16)17-6-3/h7-9H,4-6,10-11H2,1-3H3. The van der Waals surface area contributed by atoms with E-state index in [4.69, 9.17) is 4.74 Å². The lowest BCUT2D eigenvalue weighted by Gasteiger charge is -2.18. The summed E-state index contributed by atoms with van der Waals surface area (Å²) in [6.45, 7) is 10.3. The van der Waals surface area contributed by atoms with Gasteiger partial charge in [-0.2, -0.15) is 0 Å². The van der Waals surface area contributed by atoms with Gasteiger partial charge in [0.2, 0.25) is 0 Å². The van der Waals surface area contributed by atoms with Gasteiger partial charge in [-0.25, -0.2) is 0 Å². The molecule has 0 saturated heterocycles. The van der Waals surface area contributed by atoms with Crippen LogP contribution in [0.15, 0.2) is 23.1 Å². The smallest absolute Gasteiger partial charge is 0.292 e. The molecular weight excluding hydrogens is 216 g/mol. The molecule has 0 aliphatic carbocycles. The topological polar surface area (TPSA) is 34.5 Å².